The standard InChI is InChI=1S/C13H16Cl2FNO2/c14-5-8-19-7-2-6-17-13(18)9-10-11(15)3-1-4-12(10)16/h1,3-4H,2,5-9H2,(H,17,18). The van der Waals surface area contributed by atoms with E-state index in [1.807, 2.05) is 0 Å². The van der Waals surface area contributed by atoms with E-state index in [4.69, 9.17) is 27.9 Å². The Morgan fingerprint density at radius 1 is 1.37 bits per heavy atom. The second kappa shape index (κ2) is 9.13. The molecule has 0 aliphatic rings. The van der Waals surface area contributed by atoms with Gasteiger partial charge in [0.2, 0.25) is 5.91 Å². The van der Waals surface area contributed by atoms with Crippen molar-refractivity contribution >= 4 is 29.1 Å². The van der Waals surface area contributed by atoms with Crippen molar-refractivity contribution in [3.8, 4) is 0 Å². The van der Waals surface area contributed by atoms with Crippen molar-refractivity contribution in [2.75, 3.05) is 25.6 Å². The highest BCUT2D eigenvalue weighted by molar-refractivity contribution is 6.31. The van der Waals surface area contributed by atoms with Gasteiger partial charge < -0.3 is 10.1 Å². The average molecular weight is 308 g/mol. The summed E-state index contributed by atoms with van der Waals surface area (Å²) < 4.78 is 18.6. The zero-order chi connectivity index (χ0) is 14.1. The number of nitrogens with one attached hydrogen (secondary N) is 1. The largest absolute Gasteiger partial charge is 0.380 e. The molecule has 0 heterocycles. The number of hydrogen-bond donors (Lipinski definition) is 1. The van der Waals surface area contributed by atoms with Crippen LogP contribution in [-0.2, 0) is 16.0 Å². The molecule has 3 nitrogen and oxygen atoms in total. The van der Waals surface area contributed by atoms with Crippen LogP contribution in [0.2, 0.25) is 5.02 Å². The van der Waals surface area contributed by atoms with Gasteiger partial charge in [-0.25, -0.2) is 4.39 Å². The van der Waals surface area contributed by atoms with Crippen LogP contribution in [0.1, 0.15) is 12.0 Å². The minimum atomic E-state index is -0.465. The predicted octanol–water partition coefficient (Wildman–Crippen LogP) is 2.78. The molecule has 0 radical (unpaired) electrons. The SMILES string of the molecule is O=C(Cc1c(F)cccc1Cl)NCCCOCCCl. The van der Waals surface area contributed by atoms with Crippen LogP contribution in [0, 0.1) is 5.82 Å². The number of hydrogen-bond acceptors (Lipinski definition) is 2. The van der Waals surface area contributed by atoms with Crippen molar-refractivity contribution in [2.45, 2.75) is 12.8 Å². The molecule has 0 fully saturated rings. The molecule has 6 heteroatoms. The number of rotatable bonds is 8. The molecule has 0 bridgehead atoms. The number of halogens is 3. The van der Waals surface area contributed by atoms with Gasteiger partial charge in [0.15, 0.2) is 0 Å². The fourth-order valence-electron chi connectivity index (χ4n) is 1.48. The minimum Gasteiger partial charge on any atom is -0.380 e. The molecule has 19 heavy (non-hydrogen) atoms. The molecule has 1 amide bonds. The lowest BCUT2D eigenvalue weighted by Crippen LogP contribution is -2.27. The minimum absolute atomic E-state index is 0.0615. The van der Waals surface area contributed by atoms with Crippen LogP contribution in [0.4, 0.5) is 4.39 Å². The second-order valence-electron chi connectivity index (χ2n) is 3.88. The molecule has 106 valence electrons. The summed E-state index contributed by atoms with van der Waals surface area (Å²) in [6.45, 7) is 1.51. The van der Waals surface area contributed by atoms with E-state index < -0.39 is 5.82 Å². The number of benzene rings is 1. The second-order valence-corrected chi connectivity index (χ2v) is 4.67. The lowest BCUT2D eigenvalue weighted by Gasteiger charge is -2.07. The van der Waals surface area contributed by atoms with Gasteiger partial charge in [0.25, 0.3) is 0 Å². The Morgan fingerprint density at radius 3 is 2.84 bits per heavy atom. The van der Waals surface area contributed by atoms with Crippen LogP contribution in [0.5, 0.6) is 0 Å². The van der Waals surface area contributed by atoms with Crippen molar-refractivity contribution < 1.29 is 13.9 Å². The van der Waals surface area contributed by atoms with Gasteiger partial charge in [0, 0.05) is 29.6 Å². The zero-order valence-electron chi connectivity index (χ0n) is 10.4. The summed E-state index contributed by atoms with van der Waals surface area (Å²) in [5, 5.41) is 2.95. The Kier molecular flexibility index (Phi) is 7.79. The number of ether oxygens (including phenoxy) is 1. The van der Waals surface area contributed by atoms with Crippen molar-refractivity contribution in [2.24, 2.45) is 0 Å². The number of carbonyl (C=O) groups excluding carboxylic acids is 1. The van der Waals surface area contributed by atoms with E-state index in [0.717, 1.165) is 0 Å². The molecule has 1 rings (SSSR count). The molecule has 0 atom stereocenters. The third-order valence-corrected chi connectivity index (χ3v) is 2.92. The van der Waals surface area contributed by atoms with E-state index in [-0.39, 0.29) is 22.9 Å². The summed E-state index contributed by atoms with van der Waals surface area (Å²) in [6, 6.07) is 4.36. The first-order valence-corrected chi connectivity index (χ1v) is 6.89. The van der Waals surface area contributed by atoms with Crippen LogP contribution in [-0.4, -0.2) is 31.5 Å². The number of alkyl halides is 1. The van der Waals surface area contributed by atoms with E-state index in [1.54, 1.807) is 6.07 Å². The molecular weight excluding hydrogens is 292 g/mol. The molecule has 0 saturated heterocycles. The van der Waals surface area contributed by atoms with E-state index in [0.29, 0.717) is 32.1 Å². The Bertz CT molecular complexity index is 395. The van der Waals surface area contributed by atoms with E-state index in [1.165, 1.54) is 12.1 Å². The molecule has 0 aliphatic heterocycles. The zero-order valence-corrected chi connectivity index (χ0v) is 11.9. The number of amides is 1. The predicted molar refractivity (Wildman–Crippen MR) is 74.3 cm³/mol. The van der Waals surface area contributed by atoms with Gasteiger partial charge >= 0.3 is 0 Å². The van der Waals surface area contributed by atoms with Crippen molar-refractivity contribution in [3.05, 3.63) is 34.6 Å². The highest BCUT2D eigenvalue weighted by Gasteiger charge is 2.11. The monoisotopic (exact) mass is 307 g/mol. The molecular formula is C13H16Cl2FNO2. The first-order chi connectivity index (χ1) is 9.15. The molecule has 0 aromatic heterocycles. The van der Waals surface area contributed by atoms with Gasteiger partial charge in [0.1, 0.15) is 5.82 Å². The van der Waals surface area contributed by atoms with Gasteiger partial charge in [-0.1, -0.05) is 17.7 Å². The van der Waals surface area contributed by atoms with E-state index >= 15 is 0 Å². The van der Waals surface area contributed by atoms with Crippen LogP contribution in [0.15, 0.2) is 18.2 Å². The van der Waals surface area contributed by atoms with Crippen LogP contribution in [0.3, 0.4) is 0 Å². The number of carbonyl (C=O) groups is 1. The lowest BCUT2D eigenvalue weighted by atomic mass is 10.1. The summed E-state index contributed by atoms with van der Waals surface area (Å²) >= 11 is 11.3. The fourth-order valence-corrected chi connectivity index (χ4v) is 1.82. The first-order valence-electron chi connectivity index (χ1n) is 5.98. The maximum absolute atomic E-state index is 13.4. The van der Waals surface area contributed by atoms with E-state index in [2.05, 4.69) is 5.32 Å². The topological polar surface area (TPSA) is 38.3 Å². The van der Waals surface area contributed by atoms with Crippen LogP contribution >= 0.6 is 23.2 Å². The summed E-state index contributed by atoms with van der Waals surface area (Å²) in [5.41, 5.74) is 0.222. The smallest absolute Gasteiger partial charge is 0.224 e. The lowest BCUT2D eigenvalue weighted by molar-refractivity contribution is -0.120. The molecule has 1 aromatic rings. The summed E-state index contributed by atoms with van der Waals surface area (Å²) in [4.78, 5) is 11.6. The molecule has 0 unspecified atom stereocenters. The molecule has 0 spiro atoms. The summed E-state index contributed by atoms with van der Waals surface area (Å²) in [5.74, 6) is -0.268. The Morgan fingerprint density at radius 2 is 2.16 bits per heavy atom. The molecule has 0 saturated carbocycles. The van der Waals surface area contributed by atoms with Crippen LogP contribution < -0.4 is 5.32 Å². The third-order valence-electron chi connectivity index (χ3n) is 2.41. The molecule has 0 aliphatic carbocycles. The molecule has 1 aromatic carbocycles. The van der Waals surface area contributed by atoms with Gasteiger partial charge in [0.05, 0.1) is 13.0 Å². The van der Waals surface area contributed by atoms with Crippen LogP contribution in [0.25, 0.3) is 0 Å². The Labute approximate surface area is 122 Å². The highest BCUT2D eigenvalue weighted by atomic mass is 35.5. The maximum atomic E-state index is 13.4. The fraction of sp³-hybridized carbons (Fsp3) is 0.462. The Hall–Kier alpha value is -0.840. The third kappa shape index (κ3) is 6.23. The highest BCUT2D eigenvalue weighted by Crippen LogP contribution is 2.19. The summed E-state index contributed by atoms with van der Waals surface area (Å²) in [7, 11) is 0. The van der Waals surface area contributed by atoms with Crippen molar-refractivity contribution in [1.29, 1.82) is 0 Å². The average Bonchev–Trinajstić information content (AvgIpc) is 2.38. The maximum Gasteiger partial charge on any atom is 0.224 e. The summed E-state index contributed by atoms with van der Waals surface area (Å²) in [6.07, 6.45) is 0.627. The van der Waals surface area contributed by atoms with Gasteiger partial charge in [-0.05, 0) is 18.6 Å². The normalized spacial score (nSPS) is 10.5. The quantitative estimate of drug-likeness (QED) is 0.592. The molecule has 1 N–H and O–H groups in total. The van der Waals surface area contributed by atoms with Gasteiger partial charge in [-0.2, -0.15) is 0 Å². The van der Waals surface area contributed by atoms with Gasteiger partial charge in [-0.15, -0.1) is 11.6 Å². The van der Waals surface area contributed by atoms with Gasteiger partial charge in [-0.3, -0.25) is 4.79 Å². The van der Waals surface area contributed by atoms with E-state index in [9.17, 15) is 9.18 Å². The Balaban J connectivity index is 2.28. The van der Waals surface area contributed by atoms with Crippen molar-refractivity contribution in [1.82, 2.24) is 5.32 Å². The van der Waals surface area contributed by atoms with Crippen molar-refractivity contribution in [3.63, 3.8) is 0 Å². The first kappa shape index (κ1) is 16.2.